The number of esters is 1. The topological polar surface area (TPSA) is 180 Å². The quantitative estimate of drug-likeness (QED) is 0.158. The van der Waals surface area contributed by atoms with Gasteiger partial charge in [-0.25, -0.2) is 19.2 Å². The minimum atomic E-state index is -0.956. The zero-order chi connectivity index (χ0) is 59.7. The highest BCUT2D eigenvalue weighted by Crippen LogP contribution is 2.49. The number of urea groups is 2. The summed E-state index contributed by atoms with van der Waals surface area (Å²) in [6.45, 7) is 9.41. The van der Waals surface area contributed by atoms with E-state index < -0.39 is 5.97 Å². The fourth-order valence-electron chi connectivity index (χ4n) is 14.9. The molecule has 0 bridgehead atoms. The van der Waals surface area contributed by atoms with Gasteiger partial charge in [0.2, 0.25) is 0 Å². The highest BCUT2D eigenvalue weighted by atomic mass is 16.5. The van der Waals surface area contributed by atoms with Crippen molar-refractivity contribution in [1.29, 1.82) is 0 Å². The molecule has 4 aromatic carbocycles. The van der Waals surface area contributed by atoms with Crippen LogP contribution in [0.2, 0.25) is 0 Å². The molecule has 8 aliphatic rings. The number of carboxylic acid groups (broad SMARTS) is 1. The van der Waals surface area contributed by atoms with Crippen LogP contribution in [-0.4, -0.2) is 192 Å². The number of hydrogen-bond donors (Lipinski definition) is 1. The van der Waals surface area contributed by atoms with Crippen LogP contribution in [0, 0.1) is 0 Å². The Morgan fingerprint density at radius 1 is 0.460 bits per heavy atom. The second-order valence-electron chi connectivity index (χ2n) is 24.5. The molecule has 0 atom stereocenters. The van der Waals surface area contributed by atoms with E-state index in [9.17, 15) is 33.9 Å². The van der Waals surface area contributed by atoms with E-state index in [-0.39, 0.29) is 35.4 Å². The van der Waals surface area contributed by atoms with Crippen LogP contribution in [0.1, 0.15) is 119 Å². The number of rotatable bonds is 6. The molecule has 0 spiro atoms. The van der Waals surface area contributed by atoms with Gasteiger partial charge in [-0.2, -0.15) is 0 Å². The van der Waals surface area contributed by atoms with Crippen molar-refractivity contribution in [3.63, 3.8) is 0 Å². The van der Waals surface area contributed by atoms with E-state index in [4.69, 9.17) is 14.2 Å². The molecule has 0 unspecified atom stereocenters. The van der Waals surface area contributed by atoms with Crippen molar-refractivity contribution < 1.29 is 48.1 Å². The van der Waals surface area contributed by atoms with Gasteiger partial charge in [0.1, 0.15) is 0 Å². The second-order valence-corrected chi connectivity index (χ2v) is 24.5. The van der Waals surface area contributed by atoms with Crippen molar-refractivity contribution in [3.05, 3.63) is 129 Å². The maximum absolute atomic E-state index is 14.2. The van der Waals surface area contributed by atoms with Crippen molar-refractivity contribution in [2.75, 3.05) is 112 Å². The lowest BCUT2D eigenvalue weighted by molar-refractivity contribution is -0.129. The van der Waals surface area contributed by atoms with Crippen LogP contribution in [-0.2, 0) is 36.9 Å². The SMILES string of the molecule is COC(=O)c1ccc2c(C3CCCCC3)c3n(c2c1)CC(C(=O)N1CCN(C(=O)N2CCOCC2)CC1)=Cc1ccccc1-3.O=C(O)c1ccc2c(C3CCCCC3)c3n(c2c1)CC(C(=O)N1CCN(C(=O)N2CCOCC2)CC1)=Cc1ccccc1-3. The van der Waals surface area contributed by atoms with Gasteiger partial charge in [-0.15, -0.1) is 0 Å². The number of nitrogens with zero attached hydrogens (tertiary/aromatic N) is 8. The smallest absolute Gasteiger partial charge is 0.337 e. The van der Waals surface area contributed by atoms with Gasteiger partial charge in [0.15, 0.2) is 0 Å². The van der Waals surface area contributed by atoms with Crippen LogP contribution in [0.5, 0.6) is 0 Å². The van der Waals surface area contributed by atoms with E-state index in [0.29, 0.717) is 147 Å². The highest BCUT2D eigenvalue weighted by molar-refractivity contribution is 6.05. The third-order valence-corrected chi connectivity index (χ3v) is 19.4. The number of benzene rings is 4. The van der Waals surface area contributed by atoms with E-state index in [2.05, 4.69) is 51.6 Å². The number of morpholine rings is 2. The van der Waals surface area contributed by atoms with Gasteiger partial charge < -0.3 is 57.9 Å². The van der Waals surface area contributed by atoms with Crippen LogP contribution in [0.15, 0.2) is 96.1 Å². The Kier molecular flexibility index (Phi) is 16.8. The van der Waals surface area contributed by atoms with Crippen LogP contribution in [0.3, 0.4) is 0 Å². The fourth-order valence-corrected chi connectivity index (χ4v) is 14.9. The Bertz CT molecular complexity index is 3710. The molecule has 4 saturated heterocycles. The molecular weight excluding hydrogens is 1100 g/mol. The molecule has 18 nitrogen and oxygen atoms in total. The number of ether oxygens (including phenoxy) is 3. The molecule has 6 amide bonds. The first-order valence-electron chi connectivity index (χ1n) is 31.6. The van der Waals surface area contributed by atoms with Gasteiger partial charge in [0.05, 0.1) is 69.1 Å². The normalized spacial score (nSPS) is 19.3. The number of fused-ring (bicyclic) bond motifs is 10. The summed E-state index contributed by atoms with van der Waals surface area (Å²) in [6.07, 6.45) is 15.9. The minimum Gasteiger partial charge on any atom is -0.478 e. The molecule has 8 heterocycles. The lowest BCUT2D eigenvalue weighted by atomic mass is 9.81. The van der Waals surface area contributed by atoms with Gasteiger partial charge in [0.25, 0.3) is 11.8 Å². The lowest BCUT2D eigenvalue weighted by Crippen LogP contribution is -2.55. The molecule has 14 rings (SSSR count). The summed E-state index contributed by atoms with van der Waals surface area (Å²) in [6, 6.07) is 28.0. The van der Waals surface area contributed by atoms with Crippen LogP contribution >= 0.6 is 0 Å². The number of carbonyl (C=O) groups is 6. The molecule has 2 saturated carbocycles. The number of piperazine rings is 2. The standard InChI is InChI=1S/C35H40N4O5.C34H38N4O5/c1-43-34(41)26-11-12-29-30(22-26)39-23-27(33(40)36-13-15-37(16-14-36)35(42)38-17-19-44-20-18-38)21-25-9-5-6-10-28(25)32(39)31(29)24-7-3-2-4-8-24;39-32(35-12-14-36(15-13-35)34(42)37-16-18-43-19-17-37)26-20-24-8-4-5-9-27(24)31-30(23-6-2-1-3-7-23)28-11-10-25(33(40)41)21-29(28)38(31)22-26/h5-6,9-12,21-22,24H,2-4,7-8,13-20,23H2,1H3;4-5,8-11,20-21,23H,1-3,6-7,12-19,22H2,(H,40,41). The largest absolute Gasteiger partial charge is 0.478 e. The Balaban J connectivity index is 0.000000161. The molecule has 1 N–H and O–H groups in total. The van der Waals surface area contributed by atoms with Gasteiger partial charge in [-0.05, 0) is 96.2 Å². The first kappa shape index (κ1) is 57.8. The highest BCUT2D eigenvalue weighted by Gasteiger charge is 2.36. The Hall–Kier alpha value is -8.22. The van der Waals surface area contributed by atoms with Gasteiger partial charge in [-0.3, -0.25) is 9.59 Å². The van der Waals surface area contributed by atoms with Gasteiger partial charge in [0, 0.05) is 123 Å². The number of carboxylic acids is 1. The van der Waals surface area contributed by atoms with Crippen LogP contribution in [0.25, 0.3) is 56.5 Å². The molecular formula is C69H78N8O10. The second kappa shape index (κ2) is 25.2. The molecule has 18 heteroatoms. The maximum Gasteiger partial charge on any atom is 0.337 e. The predicted molar refractivity (Wildman–Crippen MR) is 333 cm³/mol. The fraction of sp³-hybridized carbons (Fsp3) is 0.449. The summed E-state index contributed by atoms with van der Waals surface area (Å²) in [7, 11) is 1.41. The van der Waals surface area contributed by atoms with Crippen molar-refractivity contribution in [1.82, 2.24) is 38.5 Å². The van der Waals surface area contributed by atoms with Gasteiger partial charge >= 0.3 is 24.0 Å². The number of hydrogen-bond acceptors (Lipinski definition) is 9. The molecule has 87 heavy (non-hydrogen) atoms. The average molecular weight is 1180 g/mol. The third kappa shape index (κ3) is 11.4. The van der Waals surface area contributed by atoms with Crippen molar-refractivity contribution >= 4 is 69.8 Å². The number of methoxy groups -OCH3 is 1. The van der Waals surface area contributed by atoms with E-state index in [1.54, 1.807) is 12.1 Å². The summed E-state index contributed by atoms with van der Waals surface area (Å²) < 4.78 is 20.3. The minimum absolute atomic E-state index is 0.00341. The van der Waals surface area contributed by atoms with E-state index in [1.165, 1.54) is 56.8 Å². The molecule has 2 aliphatic carbocycles. The Morgan fingerprint density at radius 3 is 1.25 bits per heavy atom. The van der Waals surface area contributed by atoms with Crippen molar-refractivity contribution in [3.8, 4) is 22.5 Å². The third-order valence-electron chi connectivity index (χ3n) is 19.4. The Morgan fingerprint density at radius 2 is 0.839 bits per heavy atom. The zero-order valence-corrected chi connectivity index (χ0v) is 49.9. The summed E-state index contributed by atoms with van der Waals surface area (Å²) in [5.41, 5.74) is 13.1. The number of aromatic nitrogens is 2. The molecule has 2 aromatic heterocycles. The zero-order valence-electron chi connectivity index (χ0n) is 49.9. The maximum atomic E-state index is 14.2. The number of amides is 6. The Labute approximate surface area is 507 Å². The number of carbonyl (C=O) groups excluding carboxylic acids is 5. The molecule has 6 aliphatic heterocycles. The van der Waals surface area contributed by atoms with Gasteiger partial charge in [-0.1, -0.05) is 99.2 Å². The molecule has 0 radical (unpaired) electrons. The van der Waals surface area contributed by atoms with Crippen molar-refractivity contribution in [2.24, 2.45) is 0 Å². The average Bonchev–Trinajstić information content (AvgIpc) is 1.99. The number of aromatic carboxylic acids is 1. The monoisotopic (exact) mass is 1180 g/mol. The van der Waals surface area contributed by atoms with Crippen LogP contribution < -0.4 is 0 Å². The first-order valence-corrected chi connectivity index (χ1v) is 31.6. The molecule has 6 aromatic rings. The van der Waals surface area contributed by atoms with E-state index in [1.807, 2.05) is 71.9 Å². The lowest BCUT2D eigenvalue weighted by Gasteiger charge is -2.38. The van der Waals surface area contributed by atoms with E-state index in [0.717, 1.165) is 81.1 Å². The predicted octanol–water partition coefficient (Wildman–Crippen LogP) is 10.2. The van der Waals surface area contributed by atoms with Crippen LogP contribution in [0.4, 0.5) is 9.59 Å². The summed E-state index contributed by atoms with van der Waals surface area (Å²) in [5, 5.41) is 12.1. The summed E-state index contributed by atoms with van der Waals surface area (Å²) in [4.78, 5) is 90.2. The molecule has 6 fully saturated rings. The van der Waals surface area contributed by atoms with Crippen molar-refractivity contribution in [2.45, 2.75) is 89.1 Å². The molecule has 454 valence electrons. The summed E-state index contributed by atoms with van der Waals surface area (Å²) in [5.74, 6) is -0.540. The summed E-state index contributed by atoms with van der Waals surface area (Å²) >= 11 is 0. The van der Waals surface area contributed by atoms with E-state index >= 15 is 0 Å². The first-order chi connectivity index (χ1) is 42.5.